The van der Waals surface area contributed by atoms with Crippen molar-refractivity contribution in [3.63, 3.8) is 0 Å². The van der Waals surface area contributed by atoms with Crippen LogP contribution >= 0.6 is 15.9 Å². The van der Waals surface area contributed by atoms with E-state index in [9.17, 15) is 14.7 Å². The molecular formula is C33H31BrN2O3. The number of halogens is 1. The largest absolute Gasteiger partial charge is 0.478 e. The average molecular weight is 584 g/mol. The molecule has 3 aromatic carbocycles. The number of nitrogens with one attached hydrogen (secondary N) is 1. The van der Waals surface area contributed by atoms with Crippen LogP contribution in [0.15, 0.2) is 102 Å². The molecule has 0 aliphatic heterocycles. The smallest absolute Gasteiger partial charge is 0.336 e. The van der Waals surface area contributed by atoms with Crippen LogP contribution < -0.4 is 5.32 Å². The van der Waals surface area contributed by atoms with E-state index in [0.717, 1.165) is 43.3 Å². The fourth-order valence-corrected chi connectivity index (χ4v) is 5.18. The topological polar surface area (TPSA) is 71.3 Å². The van der Waals surface area contributed by atoms with Gasteiger partial charge in [-0.3, -0.25) is 4.79 Å². The summed E-state index contributed by atoms with van der Waals surface area (Å²) in [6.07, 6.45) is 4.80. The van der Waals surface area contributed by atoms with Gasteiger partial charge in [0.05, 0.1) is 5.57 Å². The highest BCUT2D eigenvalue weighted by molar-refractivity contribution is 9.10. The van der Waals surface area contributed by atoms with Crippen LogP contribution in [-0.2, 0) is 17.9 Å². The van der Waals surface area contributed by atoms with Crippen molar-refractivity contribution in [2.24, 2.45) is 0 Å². The lowest BCUT2D eigenvalue weighted by Crippen LogP contribution is -2.22. The standard InChI is InChI=1S/C33H31BrN2O3/c1-5-9-28(33(38)39)27(6-2)24-14-12-23(13-15-24)20-36-22(4)21(3)29-18-25(16-17-31(29)36)32(37)35-19-26-10-7-8-11-30(26)34/h5-18H,1,19-20H2,2-4H3,(H,35,37)(H,38,39)/b27-6-,28-9+. The van der Waals surface area contributed by atoms with Gasteiger partial charge in [0.15, 0.2) is 0 Å². The van der Waals surface area contributed by atoms with Gasteiger partial charge in [-0.15, -0.1) is 0 Å². The van der Waals surface area contributed by atoms with E-state index in [1.54, 1.807) is 6.08 Å². The van der Waals surface area contributed by atoms with Crippen LogP contribution in [0.25, 0.3) is 16.5 Å². The molecule has 0 radical (unpaired) electrons. The second-order valence-corrected chi connectivity index (χ2v) is 10.2. The van der Waals surface area contributed by atoms with Crippen LogP contribution in [0.3, 0.4) is 0 Å². The normalized spacial score (nSPS) is 12.0. The SMILES string of the molecule is C=C/C=C(C(=O)O)\C(=C/C)c1ccc(Cn2c(C)c(C)c3cc(C(=O)NCc4ccccc4Br)ccc32)cc1. The van der Waals surface area contributed by atoms with Gasteiger partial charge in [-0.1, -0.05) is 77.1 Å². The highest BCUT2D eigenvalue weighted by atomic mass is 79.9. The zero-order chi connectivity index (χ0) is 28.1. The average Bonchev–Trinajstić information content (AvgIpc) is 3.17. The Labute approximate surface area is 237 Å². The second kappa shape index (κ2) is 12.1. The van der Waals surface area contributed by atoms with Crippen LogP contribution in [0.1, 0.15) is 45.2 Å². The molecular weight excluding hydrogens is 552 g/mol. The zero-order valence-corrected chi connectivity index (χ0v) is 23.9. The van der Waals surface area contributed by atoms with E-state index in [4.69, 9.17) is 0 Å². The molecule has 2 N–H and O–H groups in total. The van der Waals surface area contributed by atoms with Crippen molar-refractivity contribution >= 4 is 44.3 Å². The van der Waals surface area contributed by atoms with Gasteiger partial charge in [0.1, 0.15) is 0 Å². The lowest BCUT2D eigenvalue weighted by molar-refractivity contribution is -0.132. The van der Waals surface area contributed by atoms with Gasteiger partial charge in [0, 0.05) is 39.7 Å². The van der Waals surface area contributed by atoms with E-state index >= 15 is 0 Å². The Morgan fingerprint density at radius 2 is 1.72 bits per heavy atom. The number of rotatable bonds is 9. The molecule has 0 aliphatic rings. The number of benzene rings is 3. The molecule has 198 valence electrons. The van der Waals surface area contributed by atoms with Crippen molar-refractivity contribution in [1.29, 1.82) is 0 Å². The molecule has 0 saturated heterocycles. The minimum absolute atomic E-state index is 0.112. The maximum atomic E-state index is 12.9. The van der Waals surface area contributed by atoms with E-state index in [0.29, 0.717) is 24.2 Å². The highest BCUT2D eigenvalue weighted by Crippen LogP contribution is 2.29. The van der Waals surface area contributed by atoms with Gasteiger partial charge in [0.2, 0.25) is 0 Å². The van der Waals surface area contributed by atoms with E-state index in [2.05, 4.69) is 46.2 Å². The fourth-order valence-electron chi connectivity index (χ4n) is 4.76. The molecule has 0 atom stereocenters. The summed E-state index contributed by atoms with van der Waals surface area (Å²) in [5.41, 5.74) is 7.77. The summed E-state index contributed by atoms with van der Waals surface area (Å²) in [6.45, 7) is 10.7. The number of carboxylic acid groups (broad SMARTS) is 1. The second-order valence-electron chi connectivity index (χ2n) is 9.32. The van der Waals surface area contributed by atoms with Crippen molar-refractivity contribution in [3.8, 4) is 0 Å². The molecule has 1 heterocycles. The third-order valence-corrected chi connectivity index (χ3v) is 7.77. The number of allylic oxidation sites excluding steroid dienone is 3. The molecule has 0 spiro atoms. The van der Waals surface area contributed by atoms with Crippen LogP contribution in [0, 0.1) is 13.8 Å². The highest BCUT2D eigenvalue weighted by Gasteiger charge is 2.16. The van der Waals surface area contributed by atoms with Crippen molar-refractivity contribution in [3.05, 3.63) is 135 Å². The van der Waals surface area contributed by atoms with Crippen LogP contribution in [-0.4, -0.2) is 21.6 Å². The summed E-state index contributed by atoms with van der Waals surface area (Å²) < 4.78 is 3.22. The number of hydrogen-bond acceptors (Lipinski definition) is 2. The molecule has 4 rings (SSSR count). The first kappa shape index (κ1) is 27.9. The van der Waals surface area contributed by atoms with Gasteiger partial charge < -0.3 is 15.0 Å². The number of fused-ring (bicyclic) bond motifs is 1. The van der Waals surface area contributed by atoms with Crippen molar-refractivity contribution in [2.75, 3.05) is 0 Å². The minimum atomic E-state index is -0.988. The third kappa shape index (κ3) is 5.96. The zero-order valence-electron chi connectivity index (χ0n) is 22.3. The number of aliphatic carboxylic acids is 1. The number of aromatic nitrogens is 1. The number of carbonyl (C=O) groups excluding carboxylic acids is 1. The summed E-state index contributed by atoms with van der Waals surface area (Å²) in [7, 11) is 0. The number of nitrogens with zero attached hydrogens (tertiary/aromatic N) is 1. The molecule has 0 fully saturated rings. The first-order chi connectivity index (χ1) is 18.7. The number of aryl methyl sites for hydroxylation is 1. The van der Waals surface area contributed by atoms with Crippen LogP contribution in [0.4, 0.5) is 0 Å². The number of carboxylic acids is 1. The van der Waals surface area contributed by atoms with Gasteiger partial charge >= 0.3 is 5.97 Å². The van der Waals surface area contributed by atoms with E-state index < -0.39 is 5.97 Å². The summed E-state index contributed by atoms with van der Waals surface area (Å²) >= 11 is 3.53. The molecule has 1 amide bonds. The van der Waals surface area contributed by atoms with Crippen molar-refractivity contribution in [1.82, 2.24) is 9.88 Å². The summed E-state index contributed by atoms with van der Waals surface area (Å²) in [5.74, 6) is -1.10. The Kier molecular flexibility index (Phi) is 8.67. The maximum Gasteiger partial charge on any atom is 0.336 e. The van der Waals surface area contributed by atoms with Crippen molar-refractivity contribution in [2.45, 2.75) is 33.9 Å². The summed E-state index contributed by atoms with van der Waals surface area (Å²) in [5, 5.41) is 13.7. The summed E-state index contributed by atoms with van der Waals surface area (Å²) in [6, 6.07) is 21.6. The van der Waals surface area contributed by atoms with Gasteiger partial charge in [-0.2, -0.15) is 0 Å². The van der Waals surface area contributed by atoms with Crippen molar-refractivity contribution < 1.29 is 14.7 Å². The molecule has 4 aromatic rings. The van der Waals surface area contributed by atoms with Crippen LogP contribution in [0.5, 0.6) is 0 Å². The quantitative estimate of drug-likeness (QED) is 0.158. The molecule has 0 saturated carbocycles. The molecule has 0 unspecified atom stereocenters. The molecule has 5 nitrogen and oxygen atoms in total. The fraction of sp³-hybridized carbons (Fsp3) is 0.152. The molecule has 39 heavy (non-hydrogen) atoms. The Morgan fingerprint density at radius 1 is 1.03 bits per heavy atom. The Hall–Kier alpha value is -4.16. The first-order valence-electron chi connectivity index (χ1n) is 12.7. The number of amides is 1. The Balaban J connectivity index is 1.57. The summed E-state index contributed by atoms with van der Waals surface area (Å²) in [4.78, 5) is 24.7. The maximum absolute atomic E-state index is 12.9. The predicted molar refractivity (Wildman–Crippen MR) is 162 cm³/mol. The Bertz CT molecular complexity index is 1620. The first-order valence-corrected chi connectivity index (χ1v) is 13.5. The molecule has 0 bridgehead atoms. The Morgan fingerprint density at radius 3 is 2.36 bits per heavy atom. The number of carbonyl (C=O) groups is 2. The van der Waals surface area contributed by atoms with Gasteiger partial charge in [-0.05, 0) is 78.9 Å². The van der Waals surface area contributed by atoms with E-state index in [1.165, 1.54) is 12.2 Å². The number of hydrogen-bond donors (Lipinski definition) is 2. The molecule has 0 aliphatic carbocycles. The van der Waals surface area contributed by atoms with Gasteiger partial charge in [-0.25, -0.2) is 4.79 Å². The van der Waals surface area contributed by atoms with E-state index in [1.807, 2.05) is 73.7 Å². The lowest BCUT2D eigenvalue weighted by atomic mass is 9.96. The predicted octanol–water partition coefficient (Wildman–Crippen LogP) is 7.60. The third-order valence-electron chi connectivity index (χ3n) is 7.00. The monoisotopic (exact) mass is 582 g/mol. The van der Waals surface area contributed by atoms with Gasteiger partial charge in [0.25, 0.3) is 5.91 Å². The minimum Gasteiger partial charge on any atom is -0.478 e. The van der Waals surface area contributed by atoms with Crippen LogP contribution in [0.2, 0.25) is 0 Å². The molecule has 1 aromatic heterocycles. The van der Waals surface area contributed by atoms with E-state index in [-0.39, 0.29) is 11.5 Å². The molecule has 6 heteroatoms. The lowest BCUT2D eigenvalue weighted by Gasteiger charge is -2.12.